The van der Waals surface area contributed by atoms with Crippen LogP contribution in [0.1, 0.15) is 118 Å². The van der Waals surface area contributed by atoms with Crippen LogP contribution in [0.5, 0.6) is 0 Å². The maximum Gasteiger partial charge on any atom is 0.302 e. The Morgan fingerprint density at radius 1 is 1.03 bits per heavy atom. The van der Waals surface area contributed by atoms with Crippen molar-refractivity contribution in [3.8, 4) is 0 Å². The SMILES string of the molecule is CC(=O)OC1CCC2C3(CCC4C5CCCNC(C(C)CCCC(C)C)[C@@]5(C)CCC42C3)C1. The van der Waals surface area contributed by atoms with Crippen molar-refractivity contribution >= 4 is 5.97 Å². The van der Waals surface area contributed by atoms with Crippen LogP contribution in [0.15, 0.2) is 0 Å². The predicted octanol–water partition coefficient (Wildman–Crippen LogP) is 7.14. The standard InChI is InChI=1S/C30H51NO2/c1-20(2)8-6-9-21(3)27-28(5)15-16-30-19-29(14-13-25(30)24(28)10-7-17-31-27)18-23(33-22(4)32)11-12-26(29)30/h20-21,23-27,31H,6-19H2,1-5H3/t21?,23?,24?,25?,26?,27?,28-,29?,30?/m0/s1. The van der Waals surface area contributed by atoms with Crippen LogP contribution >= 0.6 is 0 Å². The van der Waals surface area contributed by atoms with Crippen LogP contribution in [-0.4, -0.2) is 24.7 Å². The highest BCUT2D eigenvalue weighted by Gasteiger charge is 2.73. The zero-order chi connectivity index (χ0) is 23.4. The molecule has 5 fully saturated rings. The van der Waals surface area contributed by atoms with Crippen LogP contribution in [0, 0.1) is 45.8 Å². The molecule has 1 saturated heterocycles. The lowest BCUT2D eigenvalue weighted by atomic mass is 9.28. The quantitative estimate of drug-likeness (QED) is 0.431. The molecule has 33 heavy (non-hydrogen) atoms. The van der Waals surface area contributed by atoms with E-state index in [-0.39, 0.29) is 12.1 Å². The second-order valence-electron chi connectivity index (χ2n) is 14.0. The third-order valence-corrected chi connectivity index (χ3v) is 11.8. The number of nitrogens with one attached hydrogen (secondary N) is 1. The fourth-order valence-electron chi connectivity index (χ4n) is 10.7. The van der Waals surface area contributed by atoms with Gasteiger partial charge in [-0.15, -0.1) is 0 Å². The highest BCUT2D eigenvalue weighted by atomic mass is 16.5. The number of ether oxygens (including phenoxy) is 1. The Bertz CT molecular complexity index is 735. The minimum absolute atomic E-state index is 0.0782. The molecular formula is C30H51NO2. The summed E-state index contributed by atoms with van der Waals surface area (Å²) in [5.74, 6) is 4.30. The van der Waals surface area contributed by atoms with Gasteiger partial charge in [0, 0.05) is 13.0 Å². The van der Waals surface area contributed by atoms with Gasteiger partial charge in [-0.1, -0.05) is 40.5 Å². The monoisotopic (exact) mass is 457 g/mol. The highest BCUT2D eigenvalue weighted by Crippen LogP contribution is 2.80. The molecule has 0 amide bonds. The van der Waals surface area contributed by atoms with Gasteiger partial charge in [0.05, 0.1) is 0 Å². The van der Waals surface area contributed by atoms with E-state index in [2.05, 4.69) is 33.0 Å². The molecule has 5 rings (SSSR count). The van der Waals surface area contributed by atoms with Crippen LogP contribution in [0.3, 0.4) is 0 Å². The van der Waals surface area contributed by atoms with E-state index in [0.717, 1.165) is 42.4 Å². The number of carbonyl (C=O) groups excluding carboxylic acids is 1. The predicted molar refractivity (Wildman–Crippen MR) is 135 cm³/mol. The first-order chi connectivity index (χ1) is 15.7. The fourth-order valence-corrected chi connectivity index (χ4v) is 10.7. The van der Waals surface area contributed by atoms with Crippen molar-refractivity contribution in [2.75, 3.05) is 6.54 Å². The van der Waals surface area contributed by atoms with Gasteiger partial charge >= 0.3 is 5.97 Å². The molecule has 188 valence electrons. The van der Waals surface area contributed by atoms with Gasteiger partial charge in [-0.25, -0.2) is 0 Å². The summed E-state index contributed by atoms with van der Waals surface area (Å²) in [6.45, 7) is 12.8. The molecule has 3 heteroatoms. The van der Waals surface area contributed by atoms with E-state index in [4.69, 9.17) is 4.74 Å². The third-order valence-electron chi connectivity index (χ3n) is 11.8. The summed E-state index contributed by atoms with van der Waals surface area (Å²) < 4.78 is 5.72. The summed E-state index contributed by atoms with van der Waals surface area (Å²) in [7, 11) is 0. The molecule has 4 saturated carbocycles. The van der Waals surface area contributed by atoms with Crippen molar-refractivity contribution in [1.29, 1.82) is 0 Å². The molecule has 0 radical (unpaired) electrons. The highest BCUT2D eigenvalue weighted by molar-refractivity contribution is 5.66. The van der Waals surface area contributed by atoms with Crippen LogP contribution in [0.2, 0.25) is 0 Å². The van der Waals surface area contributed by atoms with Crippen molar-refractivity contribution in [2.45, 2.75) is 130 Å². The molecule has 5 aliphatic rings. The lowest BCUT2D eigenvalue weighted by Gasteiger charge is -2.77. The molecule has 1 aliphatic heterocycles. The summed E-state index contributed by atoms with van der Waals surface area (Å²) >= 11 is 0. The van der Waals surface area contributed by atoms with Gasteiger partial charge in [0.15, 0.2) is 0 Å². The van der Waals surface area contributed by atoms with E-state index >= 15 is 0 Å². The number of hydrogen-bond acceptors (Lipinski definition) is 3. The van der Waals surface area contributed by atoms with Gasteiger partial charge in [-0.05, 0) is 123 Å². The zero-order valence-electron chi connectivity index (χ0n) is 22.3. The average Bonchev–Trinajstić information content (AvgIpc) is 2.91. The number of fused-ring (bicyclic) bond motifs is 2. The Labute approximate surface area is 203 Å². The van der Waals surface area contributed by atoms with E-state index in [1.165, 1.54) is 77.2 Å². The smallest absolute Gasteiger partial charge is 0.302 e. The van der Waals surface area contributed by atoms with Gasteiger partial charge in [-0.2, -0.15) is 0 Å². The number of esters is 1. The minimum Gasteiger partial charge on any atom is -0.463 e. The first-order valence-electron chi connectivity index (χ1n) is 14.6. The van der Waals surface area contributed by atoms with Crippen LogP contribution < -0.4 is 5.32 Å². The molecule has 1 heterocycles. The molecule has 4 aliphatic carbocycles. The molecule has 0 aromatic heterocycles. The van der Waals surface area contributed by atoms with Gasteiger partial charge in [-0.3, -0.25) is 4.79 Å². The largest absolute Gasteiger partial charge is 0.463 e. The Kier molecular flexibility index (Phi) is 6.45. The van der Waals surface area contributed by atoms with Crippen molar-refractivity contribution in [3.63, 3.8) is 0 Å². The number of hydrogen-bond donors (Lipinski definition) is 1. The first kappa shape index (κ1) is 24.1. The lowest BCUT2D eigenvalue weighted by molar-refractivity contribution is -0.282. The van der Waals surface area contributed by atoms with E-state index < -0.39 is 0 Å². The molecule has 1 N–H and O–H groups in total. The van der Waals surface area contributed by atoms with E-state index in [1.54, 1.807) is 6.92 Å². The summed E-state index contributed by atoms with van der Waals surface area (Å²) in [5, 5.41) is 4.11. The molecular weight excluding hydrogens is 406 g/mol. The Morgan fingerprint density at radius 2 is 1.85 bits per heavy atom. The van der Waals surface area contributed by atoms with Gasteiger partial charge in [0.25, 0.3) is 0 Å². The van der Waals surface area contributed by atoms with Crippen molar-refractivity contribution in [1.82, 2.24) is 5.32 Å². The maximum absolute atomic E-state index is 11.6. The number of carbonyl (C=O) groups is 1. The fraction of sp³-hybridized carbons (Fsp3) is 0.967. The Morgan fingerprint density at radius 3 is 2.61 bits per heavy atom. The van der Waals surface area contributed by atoms with E-state index in [0.29, 0.717) is 22.3 Å². The second-order valence-corrected chi connectivity index (χ2v) is 14.0. The maximum atomic E-state index is 11.6. The molecule has 2 bridgehead atoms. The topological polar surface area (TPSA) is 38.3 Å². The average molecular weight is 458 g/mol. The van der Waals surface area contributed by atoms with Crippen molar-refractivity contribution in [2.24, 2.45) is 45.8 Å². The third kappa shape index (κ3) is 3.91. The van der Waals surface area contributed by atoms with Crippen LogP contribution in [0.25, 0.3) is 0 Å². The van der Waals surface area contributed by atoms with Gasteiger partial charge < -0.3 is 10.1 Å². The van der Waals surface area contributed by atoms with Crippen LogP contribution in [0.4, 0.5) is 0 Å². The zero-order valence-corrected chi connectivity index (χ0v) is 22.3. The summed E-state index contributed by atoms with van der Waals surface area (Å²) in [6, 6.07) is 0.695. The van der Waals surface area contributed by atoms with Gasteiger partial charge in [0.2, 0.25) is 0 Å². The molecule has 1 spiro atoms. The van der Waals surface area contributed by atoms with Crippen LogP contribution in [-0.2, 0) is 9.53 Å². The summed E-state index contributed by atoms with van der Waals surface area (Å²) in [6.07, 6.45) is 17.9. The van der Waals surface area contributed by atoms with Gasteiger partial charge in [0.1, 0.15) is 6.10 Å². The first-order valence-corrected chi connectivity index (χ1v) is 14.6. The molecule has 9 atom stereocenters. The van der Waals surface area contributed by atoms with Crippen molar-refractivity contribution < 1.29 is 9.53 Å². The molecule has 0 aromatic carbocycles. The molecule has 0 aromatic rings. The second kappa shape index (κ2) is 8.82. The minimum atomic E-state index is -0.0782. The Hall–Kier alpha value is -0.570. The Balaban J connectivity index is 1.33. The normalized spacial score (nSPS) is 47.4. The number of rotatable bonds is 6. The summed E-state index contributed by atoms with van der Waals surface area (Å²) in [5.41, 5.74) is 1.60. The van der Waals surface area contributed by atoms with E-state index in [9.17, 15) is 4.79 Å². The summed E-state index contributed by atoms with van der Waals surface area (Å²) in [4.78, 5) is 11.6. The molecule has 8 unspecified atom stereocenters. The molecule has 3 nitrogen and oxygen atoms in total. The van der Waals surface area contributed by atoms with Crippen molar-refractivity contribution in [3.05, 3.63) is 0 Å². The van der Waals surface area contributed by atoms with E-state index in [1.807, 2.05) is 0 Å². The lowest BCUT2D eigenvalue weighted by Crippen LogP contribution is -2.70.